The molecule has 2 aliphatic heterocycles. The van der Waals surface area contributed by atoms with Crippen LogP contribution in [-0.4, -0.2) is 66.0 Å². The molecule has 1 atom stereocenters. The van der Waals surface area contributed by atoms with Crippen LogP contribution in [0.1, 0.15) is 38.3 Å². The molecule has 8 heteroatoms. The maximum Gasteiger partial charge on any atom is 0.335 e. The molecule has 8 nitrogen and oxygen atoms in total. The molecule has 0 N–H and O–H groups in total. The average Bonchev–Trinajstić information content (AvgIpc) is 3.19. The summed E-state index contributed by atoms with van der Waals surface area (Å²) in [5.74, 6) is -0.0829. The van der Waals surface area contributed by atoms with Crippen LogP contribution in [0.2, 0.25) is 0 Å². The first-order chi connectivity index (χ1) is 12.9. The molecule has 2 heterocycles. The van der Waals surface area contributed by atoms with Crippen LogP contribution in [0.4, 0.5) is 4.79 Å². The fraction of sp³-hybridized carbons (Fsp3) is 0.526. The van der Waals surface area contributed by atoms with E-state index in [1.165, 1.54) is 0 Å². The van der Waals surface area contributed by atoms with Crippen LogP contribution in [0.15, 0.2) is 18.2 Å². The van der Waals surface area contributed by atoms with E-state index in [-0.39, 0.29) is 18.8 Å². The topological polar surface area (TPSA) is 79.4 Å². The summed E-state index contributed by atoms with van der Waals surface area (Å²) < 4.78 is 10.8. The zero-order chi connectivity index (χ0) is 19.7. The highest BCUT2D eigenvalue weighted by Gasteiger charge is 2.47. The summed E-state index contributed by atoms with van der Waals surface area (Å²) in [4.78, 5) is 41.1. The Morgan fingerprint density at radius 2 is 1.85 bits per heavy atom. The minimum absolute atomic E-state index is 0.0288. The average molecular weight is 375 g/mol. The van der Waals surface area contributed by atoms with Crippen molar-refractivity contribution in [2.45, 2.75) is 38.8 Å². The maximum absolute atomic E-state index is 12.6. The standard InChI is InChI=1S/C19H25N3O5/c1-12(2)22-18(24)17(23)21(19(22)25)11-20-9-5-6-15(20)14-10-13(26-3)7-8-16(14)27-4/h7-8,10,12,15H,5-6,9,11H2,1-4H3/t15-/m0/s1. The number of imide groups is 2. The molecule has 0 radical (unpaired) electrons. The van der Waals surface area contributed by atoms with Gasteiger partial charge in [-0.1, -0.05) is 0 Å². The Labute approximate surface area is 158 Å². The summed E-state index contributed by atoms with van der Waals surface area (Å²) in [7, 11) is 3.21. The van der Waals surface area contributed by atoms with Crippen LogP contribution in [-0.2, 0) is 9.59 Å². The van der Waals surface area contributed by atoms with Crippen molar-refractivity contribution in [3.8, 4) is 11.5 Å². The van der Waals surface area contributed by atoms with Crippen LogP contribution in [0.3, 0.4) is 0 Å². The van der Waals surface area contributed by atoms with Crippen molar-refractivity contribution in [3.63, 3.8) is 0 Å². The number of amides is 4. The summed E-state index contributed by atoms with van der Waals surface area (Å²) >= 11 is 0. The quantitative estimate of drug-likeness (QED) is 0.559. The number of likely N-dealkylation sites (tertiary alicyclic amines) is 1. The molecule has 0 saturated carbocycles. The van der Waals surface area contributed by atoms with E-state index < -0.39 is 17.8 Å². The Kier molecular flexibility index (Phi) is 5.36. The summed E-state index contributed by atoms with van der Waals surface area (Å²) in [5, 5.41) is 0. The summed E-state index contributed by atoms with van der Waals surface area (Å²) in [5.41, 5.74) is 0.945. The molecule has 2 saturated heterocycles. The Hall–Kier alpha value is -2.61. The third kappa shape index (κ3) is 3.37. The molecule has 0 bridgehead atoms. The van der Waals surface area contributed by atoms with Gasteiger partial charge in [-0.25, -0.2) is 9.69 Å². The first-order valence-corrected chi connectivity index (χ1v) is 9.04. The molecule has 0 unspecified atom stereocenters. The van der Waals surface area contributed by atoms with E-state index in [1.807, 2.05) is 23.1 Å². The second-order valence-corrected chi connectivity index (χ2v) is 7.00. The van der Waals surface area contributed by atoms with Gasteiger partial charge in [-0.3, -0.25) is 19.4 Å². The van der Waals surface area contributed by atoms with Crippen molar-refractivity contribution in [3.05, 3.63) is 23.8 Å². The molecule has 4 amide bonds. The van der Waals surface area contributed by atoms with Crippen molar-refractivity contribution < 1.29 is 23.9 Å². The van der Waals surface area contributed by atoms with Crippen molar-refractivity contribution in [2.24, 2.45) is 0 Å². The number of nitrogens with zero attached hydrogens (tertiary/aromatic N) is 3. The smallest absolute Gasteiger partial charge is 0.335 e. The lowest BCUT2D eigenvalue weighted by Gasteiger charge is -2.29. The number of carbonyl (C=O) groups excluding carboxylic acids is 3. The van der Waals surface area contributed by atoms with Crippen molar-refractivity contribution in [1.29, 1.82) is 0 Å². The van der Waals surface area contributed by atoms with Crippen LogP contribution in [0.25, 0.3) is 0 Å². The van der Waals surface area contributed by atoms with Gasteiger partial charge in [0.15, 0.2) is 0 Å². The van der Waals surface area contributed by atoms with Crippen LogP contribution < -0.4 is 9.47 Å². The summed E-state index contributed by atoms with van der Waals surface area (Å²) in [6.45, 7) is 4.23. The third-order valence-corrected chi connectivity index (χ3v) is 5.08. The molecule has 3 rings (SSSR count). The van der Waals surface area contributed by atoms with Gasteiger partial charge in [0.05, 0.1) is 20.9 Å². The fourth-order valence-electron chi connectivity index (χ4n) is 3.73. The highest BCUT2D eigenvalue weighted by atomic mass is 16.5. The van der Waals surface area contributed by atoms with Gasteiger partial charge in [-0.15, -0.1) is 0 Å². The molecule has 2 fully saturated rings. The van der Waals surface area contributed by atoms with Gasteiger partial charge in [0.1, 0.15) is 11.5 Å². The number of hydrogen-bond donors (Lipinski definition) is 0. The minimum Gasteiger partial charge on any atom is -0.497 e. The molecule has 0 spiro atoms. The fourth-order valence-corrected chi connectivity index (χ4v) is 3.73. The van der Waals surface area contributed by atoms with E-state index in [2.05, 4.69) is 0 Å². The lowest BCUT2D eigenvalue weighted by Crippen LogP contribution is -2.43. The normalized spacial score (nSPS) is 20.9. The second-order valence-electron chi connectivity index (χ2n) is 7.00. The van der Waals surface area contributed by atoms with Gasteiger partial charge in [-0.05, 0) is 44.9 Å². The molecule has 1 aromatic rings. The predicted octanol–water partition coefficient (Wildman–Crippen LogP) is 2.00. The number of methoxy groups -OCH3 is 2. The highest BCUT2D eigenvalue weighted by Crippen LogP contribution is 2.39. The van der Waals surface area contributed by atoms with Crippen molar-refractivity contribution in [2.75, 3.05) is 27.4 Å². The second kappa shape index (κ2) is 7.56. The van der Waals surface area contributed by atoms with Gasteiger partial charge < -0.3 is 9.47 Å². The Balaban J connectivity index is 1.85. The number of hydrogen-bond acceptors (Lipinski definition) is 6. The van der Waals surface area contributed by atoms with Crippen LogP contribution in [0, 0.1) is 0 Å². The molecular weight excluding hydrogens is 350 g/mol. The molecule has 2 aliphatic rings. The monoisotopic (exact) mass is 375 g/mol. The van der Waals surface area contributed by atoms with Crippen LogP contribution in [0.5, 0.6) is 11.5 Å². The van der Waals surface area contributed by atoms with Gasteiger partial charge >= 0.3 is 17.8 Å². The van der Waals surface area contributed by atoms with Gasteiger partial charge in [0, 0.05) is 24.2 Å². The number of carbonyl (C=O) groups is 3. The van der Waals surface area contributed by atoms with E-state index >= 15 is 0 Å². The SMILES string of the molecule is COc1ccc(OC)c([C@@H]2CCCN2CN2C(=O)C(=O)N(C(C)C)C2=O)c1. The minimum atomic E-state index is -0.767. The van der Waals surface area contributed by atoms with Gasteiger partial charge in [0.25, 0.3) is 0 Å². The van der Waals surface area contributed by atoms with Crippen molar-refractivity contribution >= 4 is 17.8 Å². The Morgan fingerprint density at radius 3 is 2.44 bits per heavy atom. The zero-order valence-electron chi connectivity index (χ0n) is 16.1. The molecule has 146 valence electrons. The van der Waals surface area contributed by atoms with E-state index in [9.17, 15) is 14.4 Å². The van der Waals surface area contributed by atoms with E-state index in [0.717, 1.165) is 40.5 Å². The van der Waals surface area contributed by atoms with E-state index in [4.69, 9.17) is 9.47 Å². The van der Waals surface area contributed by atoms with Crippen molar-refractivity contribution in [1.82, 2.24) is 14.7 Å². The lowest BCUT2D eigenvalue weighted by atomic mass is 10.0. The van der Waals surface area contributed by atoms with E-state index in [1.54, 1.807) is 28.1 Å². The first kappa shape index (κ1) is 19.2. The number of urea groups is 1. The zero-order valence-corrected chi connectivity index (χ0v) is 16.1. The number of benzene rings is 1. The largest absolute Gasteiger partial charge is 0.497 e. The van der Waals surface area contributed by atoms with Gasteiger partial charge in [0.2, 0.25) is 0 Å². The molecule has 1 aromatic carbocycles. The van der Waals surface area contributed by atoms with E-state index in [0.29, 0.717) is 5.75 Å². The maximum atomic E-state index is 12.6. The Morgan fingerprint density at radius 1 is 1.11 bits per heavy atom. The number of ether oxygens (including phenoxy) is 2. The van der Waals surface area contributed by atoms with Crippen LogP contribution >= 0.6 is 0 Å². The lowest BCUT2D eigenvalue weighted by molar-refractivity contribution is -0.144. The predicted molar refractivity (Wildman–Crippen MR) is 97.3 cm³/mol. The number of rotatable bonds is 6. The first-order valence-electron chi connectivity index (χ1n) is 9.04. The third-order valence-electron chi connectivity index (χ3n) is 5.08. The molecular formula is C19H25N3O5. The summed E-state index contributed by atoms with van der Waals surface area (Å²) in [6, 6.07) is 4.66. The molecule has 27 heavy (non-hydrogen) atoms. The molecule has 0 aliphatic carbocycles. The summed E-state index contributed by atoms with van der Waals surface area (Å²) in [6.07, 6.45) is 1.78. The van der Waals surface area contributed by atoms with Gasteiger partial charge in [-0.2, -0.15) is 0 Å². The highest BCUT2D eigenvalue weighted by molar-refractivity contribution is 6.44. The Bertz CT molecular complexity index is 764. The molecule has 0 aromatic heterocycles.